The molecule has 1 atom stereocenters. The minimum atomic E-state index is -0.539. The van der Waals surface area contributed by atoms with Crippen molar-refractivity contribution in [2.24, 2.45) is 12.8 Å². The molecule has 0 bridgehead atoms. The van der Waals surface area contributed by atoms with Crippen molar-refractivity contribution in [3.05, 3.63) is 34.3 Å². The highest BCUT2D eigenvalue weighted by molar-refractivity contribution is 5.73. The zero-order valence-corrected chi connectivity index (χ0v) is 10.2. The van der Waals surface area contributed by atoms with Gasteiger partial charge in [-0.2, -0.15) is 0 Å². The van der Waals surface area contributed by atoms with Crippen LogP contribution in [-0.2, 0) is 13.6 Å². The van der Waals surface area contributed by atoms with Crippen LogP contribution in [0.25, 0.3) is 11.1 Å². The van der Waals surface area contributed by atoms with E-state index in [1.165, 1.54) is 4.57 Å². The molecule has 0 radical (unpaired) electrons. The van der Waals surface area contributed by atoms with E-state index in [-0.39, 0.29) is 12.3 Å². The molecule has 0 amide bonds. The molecule has 1 heterocycles. The largest absolute Gasteiger partial charge is 0.419 e. The Balaban J connectivity index is 2.08. The minimum Gasteiger partial charge on any atom is -0.408 e. The number of nitrogens with two attached hydrogens (primary N) is 1. The molecule has 1 aromatic carbocycles. The summed E-state index contributed by atoms with van der Waals surface area (Å²) in [5.74, 6) is -0.367. The van der Waals surface area contributed by atoms with Gasteiger partial charge in [-0.15, -0.1) is 0 Å². The zero-order valence-electron chi connectivity index (χ0n) is 10.2. The highest BCUT2D eigenvalue weighted by atomic mass is 16.4. The van der Waals surface area contributed by atoms with Crippen LogP contribution in [0.1, 0.15) is 5.56 Å². The van der Waals surface area contributed by atoms with Gasteiger partial charge >= 0.3 is 5.76 Å². The van der Waals surface area contributed by atoms with Gasteiger partial charge in [-0.05, 0) is 17.7 Å². The van der Waals surface area contributed by atoms with E-state index >= 15 is 0 Å². The van der Waals surface area contributed by atoms with Crippen molar-refractivity contribution in [1.29, 1.82) is 0 Å². The maximum atomic E-state index is 11.3. The van der Waals surface area contributed by atoms with E-state index in [2.05, 4.69) is 5.32 Å². The van der Waals surface area contributed by atoms with E-state index in [0.717, 1.165) is 11.1 Å². The number of nitrogens with zero attached hydrogens (tertiary/aromatic N) is 1. The lowest BCUT2D eigenvalue weighted by molar-refractivity contribution is 0.179. The summed E-state index contributed by atoms with van der Waals surface area (Å²) in [6, 6.07) is 5.58. The maximum absolute atomic E-state index is 11.3. The van der Waals surface area contributed by atoms with Crippen LogP contribution in [0, 0.1) is 0 Å². The fourth-order valence-electron chi connectivity index (χ4n) is 1.75. The van der Waals surface area contributed by atoms with E-state index in [0.29, 0.717) is 18.7 Å². The summed E-state index contributed by atoms with van der Waals surface area (Å²) in [5, 5.41) is 12.4. The lowest BCUT2D eigenvalue weighted by atomic mass is 10.2. The summed E-state index contributed by atoms with van der Waals surface area (Å²) < 4.78 is 6.56. The third-order valence-corrected chi connectivity index (χ3v) is 2.84. The minimum absolute atomic E-state index is 0.236. The van der Waals surface area contributed by atoms with Crippen molar-refractivity contribution in [3.63, 3.8) is 0 Å². The highest BCUT2D eigenvalue weighted by Crippen LogP contribution is 2.13. The molecule has 6 nitrogen and oxygen atoms in total. The number of aryl methyl sites for hydroxylation is 1. The van der Waals surface area contributed by atoms with Crippen LogP contribution in [0.3, 0.4) is 0 Å². The van der Waals surface area contributed by atoms with Crippen molar-refractivity contribution in [2.45, 2.75) is 12.6 Å². The van der Waals surface area contributed by atoms with Gasteiger partial charge in [-0.3, -0.25) is 4.57 Å². The zero-order chi connectivity index (χ0) is 13.1. The van der Waals surface area contributed by atoms with Crippen molar-refractivity contribution < 1.29 is 9.52 Å². The molecule has 1 unspecified atom stereocenters. The SMILES string of the molecule is Cn1c(=O)oc2cc(CNCC(O)CN)ccc21. The van der Waals surface area contributed by atoms with Crippen LogP contribution in [0.15, 0.2) is 27.4 Å². The van der Waals surface area contributed by atoms with E-state index in [1.54, 1.807) is 7.05 Å². The van der Waals surface area contributed by atoms with Crippen molar-refractivity contribution in [2.75, 3.05) is 13.1 Å². The average molecular weight is 251 g/mol. The van der Waals surface area contributed by atoms with Gasteiger partial charge in [-0.1, -0.05) is 6.07 Å². The van der Waals surface area contributed by atoms with Crippen molar-refractivity contribution in [3.8, 4) is 0 Å². The van der Waals surface area contributed by atoms with Crippen LogP contribution in [0.5, 0.6) is 0 Å². The molecule has 2 aromatic rings. The second kappa shape index (κ2) is 5.34. The molecule has 0 saturated heterocycles. The summed E-state index contributed by atoms with van der Waals surface area (Å²) in [7, 11) is 1.67. The van der Waals surface area contributed by atoms with E-state index in [9.17, 15) is 9.90 Å². The Morgan fingerprint density at radius 1 is 1.56 bits per heavy atom. The molecule has 0 fully saturated rings. The Morgan fingerprint density at radius 2 is 2.33 bits per heavy atom. The molecule has 18 heavy (non-hydrogen) atoms. The molecule has 4 N–H and O–H groups in total. The normalized spacial score (nSPS) is 13.1. The molecule has 1 aromatic heterocycles. The standard InChI is InChI=1S/C12H17N3O3/c1-15-10-3-2-8(4-11(10)18-12(15)17)6-14-7-9(16)5-13/h2-4,9,14,16H,5-7,13H2,1H3. The van der Waals surface area contributed by atoms with Gasteiger partial charge in [0.05, 0.1) is 11.6 Å². The molecule has 0 aliphatic rings. The van der Waals surface area contributed by atoms with Crippen LogP contribution in [0.2, 0.25) is 0 Å². The van der Waals surface area contributed by atoms with E-state index in [1.807, 2.05) is 18.2 Å². The Bertz CT molecular complexity index is 588. The number of aliphatic hydroxyl groups is 1. The number of aliphatic hydroxyl groups excluding tert-OH is 1. The second-order valence-corrected chi connectivity index (χ2v) is 4.25. The second-order valence-electron chi connectivity index (χ2n) is 4.25. The highest BCUT2D eigenvalue weighted by Gasteiger charge is 2.06. The summed E-state index contributed by atoms with van der Waals surface area (Å²) in [6.45, 7) is 1.26. The quantitative estimate of drug-likeness (QED) is 0.668. The first-order chi connectivity index (χ1) is 8.61. The summed E-state index contributed by atoms with van der Waals surface area (Å²) in [5.41, 5.74) is 7.63. The molecular weight excluding hydrogens is 234 g/mol. The predicted octanol–water partition coefficient (Wildman–Crippen LogP) is -0.459. The first-order valence-electron chi connectivity index (χ1n) is 5.79. The van der Waals surface area contributed by atoms with Gasteiger partial charge < -0.3 is 20.6 Å². The third-order valence-electron chi connectivity index (χ3n) is 2.84. The Kier molecular flexibility index (Phi) is 3.81. The smallest absolute Gasteiger partial charge is 0.408 e. The summed E-state index contributed by atoms with van der Waals surface area (Å²) in [4.78, 5) is 11.3. The number of fused-ring (bicyclic) bond motifs is 1. The van der Waals surface area contributed by atoms with Gasteiger partial charge in [0.25, 0.3) is 0 Å². The molecule has 0 aliphatic carbocycles. The van der Waals surface area contributed by atoms with Crippen LogP contribution >= 0.6 is 0 Å². The van der Waals surface area contributed by atoms with Crippen molar-refractivity contribution >= 4 is 11.1 Å². The molecule has 0 aliphatic heterocycles. The molecular formula is C12H17N3O3. The van der Waals surface area contributed by atoms with Gasteiger partial charge in [0.2, 0.25) is 0 Å². The molecule has 2 rings (SSSR count). The fraction of sp³-hybridized carbons (Fsp3) is 0.417. The Morgan fingerprint density at radius 3 is 3.06 bits per heavy atom. The van der Waals surface area contributed by atoms with Crippen LogP contribution in [0.4, 0.5) is 0 Å². The lowest BCUT2D eigenvalue weighted by Crippen LogP contribution is -2.32. The Hall–Kier alpha value is -1.63. The van der Waals surface area contributed by atoms with Crippen molar-refractivity contribution in [1.82, 2.24) is 9.88 Å². The first kappa shape index (κ1) is 12.8. The summed E-state index contributed by atoms with van der Waals surface area (Å²) in [6.07, 6.45) is -0.539. The molecule has 0 saturated carbocycles. The number of rotatable bonds is 5. The average Bonchev–Trinajstić information content (AvgIpc) is 2.64. The summed E-state index contributed by atoms with van der Waals surface area (Å²) >= 11 is 0. The number of benzene rings is 1. The topological polar surface area (TPSA) is 93.4 Å². The third kappa shape index (κ3) is 2.61. The molecule has 98 valence electrons. The van der Waals surface area contributed by atoms with E-state index < -0.39 is 6.10 Å². The van der Waals surface area contributed by atoms with Gasteiger partial charge in [0.1, 0.15) is 0 Å². The maximum Gasteiger partial charge on any atom is 0.419 e. The fourth-order valence-corrected chi connectivity index (χ4v) is 1.75. The number of hydrogen-bond donors (Lipinski definition) is 3. The number of aromatic nitrogens is 1. The van der Waals surface area contributed by atoms with Gasteiger partial charge in [0, 0.05) is 26.7 Å². The monoisotopic (exact) mass is 251 g/mol. The van der Waals surface area contributed by atoms with Gasteiger partial charge in [-0.25, -0.2) is 4.79 Å². The van der Waals surface area contributed by atoms with Crippen LogP contribution < -0.4 is 16.8 Å². The first-order valence-corrected chi connectivity index (χ1v) is 5.79. The predicted molar refractivity (Wildman–Crippen MR) is 68.2 cm³/mol. The number of nitrogens with one attached hydrogen (secondary N) is 1. The Labute approximate surface area is 104 Å². The molecule has 6 heteroatoms. The number of oxazole rings is 1. The lowest BCUT2D eigenvalue weighted by Gasteiger charge is -2.09. The molecule has 0 spiro atoms. The number of hydrogen-bond acceptors (Lipinski definition) is 5. The van der Waals surface area contributed by atoms with Crippen LogP contribution in [-0.4, -0.2) is 28.9 Å². The van der Waals surface area contributed by atoms with E-state index in [4.69, 9.17) is 10.2 Å². The van der Waals surface area contributed by atoms with Gasteiger partial charge in [0.15, 0.2) is 5.58 Å².